The third-order valence-electron chi connectivity index (χ3n) is 5.41. The molecule has 156 valence electrons. The molecule has 0 aliphatic carbocycles. The number of carbonyl (C=O) groups excluding carboxylic acids is 1. The van der Waals surface area contributed by atoms with Gasteiger partial charge in [0.25, 0.3) is 0 Å². The first-order chi connectivity index (χ1) is 12.8. The molecule has 0 spiro atoms. The van der Waals surface area contributed by atoms with Crippen LogP contribution in [-0.4, -0.2) is 23.9 Å². The van der Waals surface area contributed by atoms with Crippen LogP contribution in [0.5, 0.6) is 0 Å². The first kappa shape index (κ1) is 25.5. The van der Waals surface area contributed by atoms with Crippen molar-refractivity contribution >= 4 is 5.91 Å². The molecule has 0 aromatic rings. The van der Waals surface area contributed by atoms with Gasteiger partial charge < -0.3 is 4.90 Å². The van der Waals surface area contributed by atoms with Crippen molar-refractivity contribution in [3.05, 3.63) is 0 Å². The molecule has 0 atom stereocenters. The Labute approximate surface area is 165 Å². The number of carbonyl (C=O) groups is 1. The minimum atomic E-state index is 0.420. The maximum absolute atomic E-state index is 12.6. The van der Waals surface area contributed by atoms with Gasteiger partial charge in [0.05, 0.1) is 0 Å². The lowest BCUT2D eigenvalue weighted by Crippen LogP contribution is -2.32. The van der Waals surface area contributed by atoms with E-state index in [1.807, 2.05) is 0 Å². The van der Waals surface area contributed by atoms with Gasteiger partial charge in [-0.05, 0) is 19.3 Å². The topological polar surface area (TPSA) is 20.3 Å². The van der Waals surface area contributed by atoms with Crippen LogP contribution in [0, 0.1) is 0 Å². The molecule has 2 heteroatoms. The van der Waals surface area contributed by atoms with Crippen LogP contribution in [0.1, 0.15) is 136 Å². The summed E-state index contributed by atoms with van der Waals surface area (Å²) in [5.41, 5.74) is 0. The van der Waals surface area contributed by atoms with Crippen LogP contribution in [0.4, 0.5) is 0 Å². The second-order valence-electron chi connectivity index (χ2n) is 8.08. The van der Waals surface area contributed by atoms with Crippen molar-refractivity contribution in [2.45, 2.75) is 136 Å². The van der Waals surface area contributed by atoms with Crippen molar-refractivity contribution in [1.82, 2.24) is 4.90 Å². The van der Waals surface area contributed by atoms with E-state index in [4.69, 9.17) is 0 Å². The molecule has 0 aliphatic rings. The highest BCUT2D eigenvalue weighted by Gasteiger charge is 2.12. The van der Waals surface area contributed by atoms with Crippen LogP contribution >= 0.6 is 0 Å². The standard InChI is InChI=1S/C24H49NO/c1-4-7-10-13-16-19-22-25(23-20-17-14-11-8-5-2)24(26)21-18-15-12-9-6-3/h4-23H2,1-3H3. The molecular weight excluding hydrogens is 318 g/mol. The predicted molar refractivity (Wildman–Crippen MR) is 117 cm³/mol. The van der Waals surface area contributed by atoms with E-state index in [9.17, 15) is 4.79 Å². The van der Waals surface area contributed by atoms with Crippen molar-refractivity contribution in [3.63, 3.8) is 0 Å². The largest absolute Gasteiger partial charge is 0.343 e. The van der Waals surface area contributed by atoms with E-state index in [0.29, 0.717) is 5.91 Å². The normalized spacial score (nSPS) is 11.0. The fourth-order valence-corrected chi connectivity index (χ4v) is 3.57. The summed E-state index contributed by atoms with van der Waals surface area (Å²) in [5, 5.41) is 0. The lowest BCUT2D eigenvalue weighted by atomic mass is 10.1. The van der Waals surface area contributed by atoms with Crippen molar-refractivity contribution < 1.29 is 4.79 Å². The van der Waals surface area contributed by atoms with Gasteiger partial charge in [0.15, 0.2) is 0 Å². The van der Waals surface area contributed by atoms with Gasteiger partial charge in [-0.2, -0.15) is 0 Å². The summed E-state index contributed by atoms with van der Waals surface area (Å²) in [5.74, 6) is 0.420. The van der Waals surface area contributed by atoms with Crippen LogP contribution in [0.3, 0.4) is 0 Å². The number of amides is 1. The van der Waals surface area contributed by atoms with E-state index in [1.165, 1.54) is 103 Å². The summed E-state index contributed by atoms with van der Waals surface area (Å²) >= 11 is 0. The molecule has 2 nitrogen and oxygen atoms in total. The van der Waals surface area contributed by atoms with Gasteiger partial charge in [0.1, 0.15) is 0 Å². The lowest BCUT2D eigenvalue weighted by Gasteiger charge is -2.23. The second kappa shape index (κ2) is 20.8. The molecule has 1 amide bonds. The number of rotatable bonds is 20. The SMILES string of the molecule is CCCCCCCCN(CCCCCCCC)C(=O)CCCCCCC. The van der Waals surface area contributed by atoms with Crippen LogP contribution in [0.15, 0.2) is 0 Å². The van der Waals surface area contributed by atoms with E-state index in [2.05, 4.69) is 25.7 Å². The number of nitrogens with zero attached hydrogens (tertiary/aromatic N) is 1. The molecule has 0 fully saturated rings. The van der Waals surface area contributed by atoms with E-state index in [-0.39, 0.29) is 0 Å². The maximum atomic E-state index is 12.6. The maximum Gasteiger partial charge on any atom is 0.222 e. The average Bonchev–Trinajstić information content (AvgIpc) is 2.65. The Balaban J connectivity index is 4.02. The van der Waals surface area contributed by atoms with Crippen LogP contribution in [0.2, 0.25) is 0 Å². The third kappa shape index (κ3) is 16.9. The Morgan fingerprint density at radius 1 is 0.500 bits per heavy atom. The molecule has 0 radical (unpaired) electrons. The Kier molecular flexibility index (Phi) is 20.4. The quantitative estimate of drug-likeness (QED) is 0.200. The molecular formula is C24H49NO. The minimum absolute atomic E-state index is 0.420. The molecule has 0 aliphatic heterocycles. The van der Waals surface area contributed by atoms with Crippen LogP contribution in [-0.2, 0) is 4.79 Å². The van der Waals surface area contributed by atoms with Gasteiger partial charge in [0.2, 0.25) is 5.91 Å². The first-order valence-corrected chi connectivity index (χ1v) is 12.0. The molecule has 26 heavy (non-hydrogen) atoms. The predicted octanol–water partition coefficient (Wildman–Crippen LogP) is 7.90. The molecule has 0 rings (SSSR count). The Hall–Kier alpha value is -0.530. The Morgan fingerprint density at radius 2 is 0.846 bits per heavy atom. The Bertz CT molecular complexity index is 274. The minimum Gasteiger partial charge on any atom is -0.343 e. The van der Waals surface area contributed by atoms with E-state index in [0.717, 1.165) is 25.9 Å². The zero-order valence-corrected chi connectivity index (χ0v) is 18.5. The molecule has 0 aromatic heterocycles. The fourth-order valence-electron chi connectivity index (χ4n) is 3.57. The summed E-state index contributed by atoms with van der Waals surface area (Å²) in [6.07, 6.45) is 22.7. The highest BCUT2D eigenvalue weighted by atomic mass is 16.2. The van der Waals surface area contributed by atoms with Crippen molar-refractivity contribution in [1.29, 1.82) is 0 Å². The highest BCUT2D eigenvalue weighted by Crippen LogP contribution is 2.12. The zero-order valence-electron chi connectivity index (χ0n) is 18.5. The number of hydrogen-bond donors (Lipinski definition) is 0. The van der Waals surface area contributed by atoms with Gasteiger partial charge in [-0.25, -0.2) is 0 Å². The van der Waals surface area contributed by atoms with Gasteiger partial charge in [-0.1, -0.05) is 111 Å². The zero-order chi connectivity index (χ0) is 19.3. The molecule has 0 saturated heterocycles. The molecule has 0 aromatic carbocycles. The van der Waals surface area contributed by atoms with Gasteiger partial charge in [0, 0.05) is 19.5 Å². The van der Waals surface area contributed by atoms with Crippen LogP contribution in [0.25, 0.3) is 0 Å². The van der Waals surface area contributed by atoms with Gasteiger partial charge in [-0.3, -0.25) is 4.79 Å². The number of hydrogen-bond acceptors (Lipinski definition) is 1. The Morgan fingerprint density at radius 3 is 1.27 bits per heavy atom. The average molecular weight is 368 g/mol. The second-order valence-corrected chi connectivity index (χ2v) is 8.08. The van der Waals surface area contributed by atoms with Crippen molar-refractivity contribution in [2.75, 3.05) is 13.1 Å². The first-order valence-electron chi connectivity index (χ1n) is 12.0. The smallest absolute Gasteiger partial charge is 0.222 e. The summed E-state index contributed by atoms with van der Waals surface area (Å²) in [6, 6.07) is 0. The molecule has 0 saturated carbocycles. The third-order valence-corrected chi connectivity index (χ3v) is 5.41. The number of unbranched alkanes of at least 4 members (excludes halogenated alkanes) is 14. The van der Waals surface area contributed by atoms with E-state index < -0.39 is 0 Å². The summed E-state index contributed by atoms with van der Waals surface area (Å²) in [7, 11) is 0. The molecule has 0 N–H and O–H groups in total. The van der Waals surface area contributed by atoms with Gasteiger partial charge in [-0.15, -0.1) is 0 Å². The van der Waals surface area contributed by atoms with Crippen LogP contribution < -0.4 is 0 Å². The van der Waals surface area contributed by atoms with Crippen molar-refractivity contribution in [2.24, 2.45) is 0 Å². The highest BCUT2D eigenvalue weighted by molar-refractivity contribution is 5.76. The van der Waals surface area contributed by atoms with Crippen molar-refractivity contribution in [3.8, 4) is 0 Å². The summed E-state index contributed by atoms with van der Waals surface area (Å²) < 4.78 is 0. The summed E-state index contributed by atoms with van der Waals surface area (Å²) in [4.78, 5) is 14.8. The van der Waals surface area contributed by atoms with E-state index in [1.54, 1.807) is 0 Å². The lowest BCUT2D eigenvalue weighted by molar-refractivity contribution is -0.131. The monoisotopic (exact) mass is 367 g/mol. The summed E-state index contributed by atoms with van der Waals surface area (Å²) in [6.45, 7) is 8.76. The molecule has 0 heterocycles. The van der Waals surface area contributed by atoms with E-state index >= 15 is 0 Å². The molecule has 0 bridgehead atoms. The molecule has 0 unspecified atom stereocenters. The van der Waals surface area contributed by atoms with Gasteiger partial charge >= 0.3 is 0 Å². The fraction of sp³-hybridized carbons (Fsp3) is 0.958.